The minimum Gasteiger partial charge on any atom is -0.423 e. The number of hydrogen-bond donors (Lipinski definition) is 2. The van der Waals surface area contributed by atoms with Gasteiger partial charge in [0.1, 0.15) is 0 Å². The molecule has 4 rings (SSSR count). The molecule has 0 saturated carbocycles. The van der Waals surface area contributed by atoms with Gasteiger partial charge in [0.05, 0.1) is 0 Å². The molecule has 2 aromatic carbocycles. The van der Waals surface area contributed by atoms with E-state index in [9.17, 15) is 4.79 Å². The van der Waals surface area contributed by atoms with E-state index in [1.165, 1.54) is 23.9 Å². The fourth-order valence-electron chi connectivity index (χ4n) is 3.12. The summed E-state index contributed by atoms with van der Waals surface area (Å²) in [5, 5.41) is 13.4. The number of hydrogen-bond acceptors (Lipinski definition) is 4. The minimum absolute atomic E-state index is 0.274. The van der Waals surface area contributed by atoms with E-state index in [-0.39, 0.29) is 6.03 Å². The molecule has 6 nitrogen and oxygen atoms in total. The average Bonchev–Trinajstić information content (AvgIpc) is 3.27. The van der Waals surface area contributed by atoms with Crippen molar-refractivity contribution in [3.8, 4) is 11.5 Å². The Balaban J connectivity index is 1.50. The van der Waals surface area contributed by atoms with Crippen molar-refractivity contribution in [2.75, 3.05) is 10.6 Å². The van der Waals surface area contributed by atoms with Crippen LogP contribution in [0.4, 0.5) is 16.2 Å². The molecule has 0 radical (unpaired) electrons. The van der Waals surface area contributed by atoms with Gasteiger partial charge in [-0.1, -0.05) is 12.1 Å². The van der Waals surface area contributed by atoms with Gasteiger partial charge < -0.3 is 15.1 Å². The number of urea groups is 1. The number of aromatic nitrogens is 2. The fourth-order valence-corrected chi connectivity index (χ4v) is 3.12. The first kappa shape index (κ1) is 15.4. The van der Waals surface area contributed by atoms with E-state index in [4.69, 9.17) is 4.42 Å². The summed E-state index contributed by atoms with van der Waals surface area (Å²) < 4.78 is 5.21. The molecule has 25 heavy (non-hydrogen) atoms. The lowest BCUT2D eigenvalue weighted by Crippen LogP contribution is -2.20. The summed E-state index contributed by atoms with van der Waals surface area (Å²) in [6.07, 6.45) is 4.68. The van der Waals surface area contributed by atoms with Crippen LogP contribution in [0.25, 0.3) is 11.5 Å². The Bertz CT molecular complexity index is 919. The highest BCUT2D eigenvalue weighted by Gasteiger charge is 2.13. The summed E-state index contributed by atoms with van der Waals surface area (Å²) >= 11 is 0. The molecule has 1 aliphatic carbocycles. The Labute approximate surface area is 145 Å². The van der Waals surface area contributed by atoms with E-state index in [0.717, 1.165) is 29.7 Å². The summed E-state index contributed by atoms with van der Waals surface area (Å²) in [4.78, 5) is 12.4. The molecule has 2 N–H and O–H groups in total. The second-order valence-electron chi connectivity index (χ2n) is 6.19. The topological polar surface area (TPSA) is 80.1 Å². The molecular weight excluding hydrogens is 316 g/mol. The first-order chi connectivity index (χ1) is 12.2. The van der Waals surface area contributed by atoms with Gasteiger partial charge in [0, 0.05) is 16.9 Å². The summed E-state index contributed by atoms with van der Waals surface area (Å²) in [6, 6.07) is 11.4. The molecule has 0 atom stereocenters. The predicted octanol–water partition coefficient (Wildman–Crippen LogP) is 4.18. The summed E-state index contributed by atoms with van der Waals surface area (Å²) in [5.41, 5.74) is 5.93. The number of carbonyl (C=O) groups is 1. The maximum atomic E-state index is 12.4. The van der Waals surface area contributed by atoms with E-state index < -0.39 is 0 Å². The van der Waals surface area contributed by atoms with Crippen molar-refractivity contribution >= 4 is 17.4 Å². The first-order valence-electron chi connectivity index (χ1n) is 8.26. The molecule has 0 unspecified atom stereocenters. The van der Waals surface area contributed by atoms with Crippen LogP contribution < -0.4 is 10.6 Å². The molecule has 3 aromatic rings. The number of fused-ring (bicyclic) bond motifs is 1. The molecule has 0 aliphatic heterocycles. The van der Waals surface area contributed by atoms with Crippen LogP contribution in [0.15, 0.2) is 47.2 Å². The molecule has 6 heteroatoms. The summed E-state index contributed by atoms with van der Waals surface area (Å²) in [7, 11) is 0. The van der Waals surface area contributed by atoms with Crippen LogP contribution in [0, 0.1) is 6.92 Å². The smallest absolute Gasteiger partial charge is 0.323 e. The van der Waals surface area contributed by atoms with Crippen molar-refractivity contribution in [1.29, 1.82) is 0 Å². The lowest BCUT2D eigenvalue weighted by atomic mass is 10.1. The lowest BCUT2D eigenvalue weighted by molar-refractivity contribution is 0.262. The van der Waals surface area contributed by atoms with E-state index in [0.29, 0.717) is 11.6 Å². The highest BCUT2D eigenvalue weighted by atomic mass is 16.4. The molecule has 1 aromatic heterocycles. The fraction of sp³-hybridized carbons (Fsp3) is 0.211. The van der Waals surface area contributed by atoms with Crippen LogP contribution in [-0.4, -0.2) is 16.2 Å². The Morgan fingerprint density at radius 2 is 1.96 bits per heavy atom. The van der Waals surface area contributed by atoms with Crippen LogP contribution in [0.2, 0.25) is 0 Å². The lowest BCUT2D eigenvalue weighted by Gasteiger charge is -2.11. The van der Waals surface area contributed by atoms with E-state index >= 15 is 0 Å². The van der Waals surface area contributed by atoms with Crippen LogP contribution in [0.3, 0.4) is 0 Å². The van der Waals surface area contributed by atoms with Crippen LogP contribution in [0.5, 0.6) is 0 Å². The zero-order valence-electron chi connectivity index (χ0n) is 13.9. The Hall–Kier alpha value is -3.15. The molecule has 0 saturated heterocycles. The van der Waals surface area contributed by atoms with Crippen LogP contribution in [-0.2, 0) is 12.8 Å². The van der Waals surface area contributed by atoms with Gasteiger partial charge in [-0.25, -0.2) is 4.79 Å². The van der Waals surface area contributed by atoms with Crippen LogP contribution in [0.1, 0.15) is 23.1 Å². The summed E-state index contributed by atoms with van der Waals surface area (Å²) in [6.45, 7) is 1.93. The monoisotopic (exact) mass is 334 g/mol. The van der Waals surface area contributed by atoms with Gasteiger partial charge in [-0.15, -0.1) is 10.2 Å². The van der Waals surface area contributed by atoms with E-state index in [1.807, 2.05) is 31.2 Å². The largest absolute Gasteiger partial charge is 0.423 e. The Morgan fingerprint density at radius 1 is 1.08 bits per heavy atom. The number of carbonyl (C=O) groups excluding carboxylic acids is 1. The predicted molar refractivity (Wildman–Crippen MR) is 95.6 cm³/mol. The van der Waals surface area contributed by atoms with Crippen LogP contribution >= 0.6 is 0 Å². The van der Waals surface area contributed by atoms with Gasteiger partial charge in [-0.05, 0) is 67.1 Å². The second kappa shape index (κ2) is 6.39. The normalized spacial score (nSPS) is 12.7. The van der Waals surface area contributed by atoms with Gasteiger partial charge in [-0.2, -0.15) is 0 Å². The summed E-state index contributed by atoms with van der Waals surface area (Å²) in [5.74, 6) is 0.419. The van der Waals surface area contributed by atoms with Crippen molar-refractivity contribution in [3.63, 3.8) is 0 Å². The number of nitrogens with one attached hydrogen (secondary N) is 2. The van der Waals surface area contributed by atoms with Gasteiger partial charge in [0.25, 0.3) is 0 Å². The quantitative estimate of drug-likeness (QED) is 0.753. The Kier molecular flexibility index (Phi) is 3.93. The maximum absolute atomic E-state index is 12.4. The standard InChI is InChI=1S/C19H18N4O2/c1-12-5-6-15(18-23-20-11-25-18)10-17(12)22-19(24)21-16-8-7-13-3-2-4-14(13)9-16/h5-11H,2-4H2,1H3,(H2,21,22,24). The molecule has 1 heterocycles. The molecule has 0 fully saturated rings. The van der Waals surface area contributed by atoms with Crippen molar-refractivity contribution in [2.24, 2.45) is 0 Å². The number of amides is 2. The van der Waals surface area contributed by atoms with Gasteiger partial charge in [0.2, 0.25) is 12.3 Å². The van der Waals surface area contributed by atoms with E-state index in [2.05, 4.69) is 33.0 Å². The molecule has 0 spiro atoms. The minimum atomic E-state index is -0.274. The number of benzene rings is 2. The SMILES string of the molecule is Cc1ccc(-c2nnco2)cc1NC(=O)Nc1ccc2c(c1)CCC2. The number of anilines is 2. The number of nitrogens with zero attached hydrogens (tertiary/aromatic N) is 2. The number of rotatable bonds is 3. The molecule has 0 bridgehead atoms. The third kappa shape index (κ3) is 3.24. The zero-order valence-corrected chi connectivity index (χ0v) is 13.9. The van der Waals surface area contributed by atoms with Crippen molar-refractivity contribution in [1.82, 2.24) is 10.2 Å². The molecule has 2 amide bonds. The second-order valence-corrected chi connectivity index (χ2v) is 6.19. The molecule has 1 aliphatic rings. The third-order valence-electron chi connectivity index (χ3n) is 4.45. The number of aryl methyl sites for hydroxylation is 3. The Morgan fingerprint density at radius 3 is 2.80 bits per heavy atom. The van der Waals surface area contributed by atoms with Crippen molar-refractivity contribution < 1.29 is 9.21 Å². The molecular formula is C19H18N4O2. The van der Waals surface area contributed by atoms with Crippen molar-refractivity contribution in [2.45, 2.75) is 26.2 Å². The molecule has 126 valence electrons. The highest BCUT2D eigenvalue weighted by Crippen LogP contribution is 2.26. The highest BCUT2D eigenvalue weighted by molar-refractivity contribution is 6.00. The van der Waals surface area contributed by atoms with Gasteiger partial charge in [0.15, 0.2) is 0 Å². The van der Waals surface area contributed by atoms with E-state index in [1.54, 1.807) is 0 Å². The van der Waals surface area contributed by atoms with Crippen molar-refractivity contribution in [3.05, 3.63) is 59.5 Å². The first-order valence-corrected chi connectivity index (χ1v) is 8.26. The third-order valence-corrected chi connectivity index (χ3v) is 4.45. The van der Waals surface area contributed by atoms with Gasteiger partial charge in [-0.3, -0.25) is 0 Å². The van der Waals surface area contributed by atoms with Gasteiger partial charge >= 0.3 is 6.03 Å². The maximum Gasteiger partial charge on any atom is 0.323 e. The zero-order chi connectivity index (χ0) is 17.2. The average molecular weight is 334 g/mol.